The molecule has 0 aliphatic rings. The summed E-state index contributed by atoms with van der Waals surface area (Å²) in [5.41, 5.74) is -0.477. The Labute approximate surface area is 89.4 Å². The molecule has 0 amide bonds. The van der Waals surface area contributed by atoms with Crippen molar-refractivity contribution in [3.05, 3.63) is 20.4 Å². The van der Waals surface area contributed by atoms with Crippen LogP contribution < -0.4 is 5.32 Å². The third-order valence-electron chi connectivity index (χ3n) is 1.32. The van der Waals surface area contributed by atoms with Crippen molar-refractivity contribution in [3.63, 3.8) is 0 Å². The second-order valence-electron chi connectivity index (χ2n) is 2.26. The van der Waals surface area contributed by atoms with Gasteiger partial charge in [-0.15, -0.1) is 0 Å². The van der Waals surface area contributed by atoms with Crippen LogP contribution in [-0.4, -0.2) is 21.4 Å². The quantitative estimate of drug-likeness (QED) is 0.494. The van der Waals surface area contributed by atoms with Gasteiger partial charge in [0.15, 0.2) is 0 Å². The molecule has 0 aliphatic heterocycles. The van der Waals surface area contributed by atoms with E-state index in [4.69, 9.17) is 23.2 Å². The molecule has 6 nitrogen and oxygen atoms in total. The summed E-state index contributed by atoms with van der Waals surface area (Å²) in [7, 11) is 0. The highest BCUT2D eigenvalue weighted by Crippen LogP contribution is 2.29. The van der Waals surface area contributed by atoms with Gasteiger partial charge in [-0.3, -0.25) is 10.1 Å². The van der Waals surface area contributed by atoms with E-state index in [-0.39, 0.29) is 16.3 Å². The summed E-state index contributed by atoms with van der Waals surface area (Å²) < 4.78 is 0. The second-order valence-corrected chi connectivity index (χ2v) is 2.98. The summed E-state index contributed by atoms with van der Waals surface area (Å²) in [5, 5.41) is 12.6. The molecule has 0 atom stereocenters. The van der Waals surface area contributed by atoms with E-state index in [9.17, 15) is 10.1 Å². The summed E-state index contributed by atoms with van der Waals surface area (Å²) in [4.78, 5) is 17.1. The maximum Gasteiger partial charge on any atom is 0.343 e. The van der Waals surface area contributed by atoms with Gasteiger partial charge in [-0.25, -0.2) is 0 Å². The van der Waals surface area contributed by atoms with Gasteiger partial charge in [-0.1, -0.05) is 23.2 Å². The van der Waals surface area contributed by atoms with Crippen LogP contribution in [0.15, 0.2) is 0 Å². The first kappa shape index (κ1) is 10.9. The molecule has 0 aromatic carbocycles. The number of rotatable bonds is 3. The minimum absolute atomic E-state index is 0.174. The Morgan fingerprint density at radius 1 is 1.43 bits per heavy atom. The normalized spacial score (nSPS) is 9.93. The topological polar surface area (TPSA) is 81.0 Å². The van der Waals surface area contributed by atoms with E-state index in [2.05, 4.69) is 15.3 Å². The average molecular weight is 237 g/mol. The first-order valence-electron chi connectivity index (χ1n) is 3.67. The first-order chi connectivity index (χ1) is 6.56. The maximum atomic E-state index is 10.4. The number of halogens is 2. The predicted octanol–water partition coefficient (Wildman–Crippen LogP) is 2.12. The number of hydrogen-bond acceptors (Lipinski definition) is 5. The lowest BCUT2D eigenvalue weighted by atomic mass is 10.5. The number of nitrogens with zero attached hydrogens (tertiary/aromatic N) is 3. The van der Waals surface area contributed by atoms with Crippen molar-refractivity contribution in [2.45, 2.75) is 6.92 Å². The molecule has 1 aromatic rings. The Kier molecular flexibility index (Phi) is 3.43. The largest absolute Gasteiger partial charge is 0.354 e. The van der Waals surface area contributed by atoms with E-state index in [1.165, 1.54) is 0 Å². The zero-order valence-electron chi connectivity index (χ0n) is 7.12. The standard InChI is InChI=1S/C6H6Cl2N4O2/c1-2-9-6-10-4(7)3(12(13)14)5(8)11-6/h2H2,1H3,(H,9,10,11). The van der Waals surface area contributed by atoms with Crippen LogP contribution in [0.25, 0.3) is 0 Å². The minimum atomic E-state index is -0.722. The molecular formula is C6H6Cl2N4O2. The van der Waals surface area contributed by atoms with Gasteiger partial charge >= 0.3 is 5.69 Å². The van der Waals surface area contributed by atoms with Gasteiger partial charge in [0, 0.05) is 6.54 Å². The molecule has 0 bridgehead atoms. The van der Waals surface area contributed by atoms with Gasteiger partial charge in [0.2, 0.25) is 16.3 Å². The van der Waals surface area contributed by atoms with Crippen LogP contribution in [0.5, 0.6) is 0 Å². The molecule has 0 radical (unpaired) electrons. The van der Waals surface area contributed by atoms with Crippen LogP contribution in [0.3, 0.4) is 0 Å². The van der Waals surface area contributed by atoms with Crippen molar-refractivity contribution in [1.29, 1.82) is 0 Å². The fraction of sp³-hybridized carbons (Fsp3) is 0.333. The lowest BCUT2D eigenvalue weighted by Crippen LogP contribution is -2.04. The zero-order chi connectivity index (χ0) is 10.7. The van der Waals surface area contributed by atoms with Gasteiger partial charge in [-0.2, -0.15) is 9.97 Å². The van der Waals surface area contributed by atoms with E-state index in [1.54, 1.807) is 0 Å². The van der Waals surface area contributed by atoms with Gasteiger partial charge in [0.1, 0.15) is 0 Å². The maximum absolute atomic E-state index is 10.4. The molecule has 1 N–H and O–H groups in total. The summed E-state index contributed by atoms with van der Waals surface area (Å²) >= 11 is 11.1. The van der Waals surface area contributed by atoms with Gasteiger partial charge in [0.05, 0.1) is 4.92 Å². The lowest BCUT2D eigenvalue weighted by Gasteiger charge is -2.02. The molecule has 8 heteroatoms. The fourth-order valence-corrected chi connectivity index (χ4v) is 1.32. The van der Waals surface area contributed by atoms with Crippen LogP contribution in [0.4, 0.5) is 11.6 Å². The third kappa shape index (κ3) is 2.21. The van der Waals surface area contributed by atoms with Crippen LogP contribution in [0, 0.1) is 10.1 Å². The molecule has 0 saturated carbocycles. The van der Waals surface area contributed by atoms with E-state index in [0.29, 0.717) is 6.54 Å². The van der Waals surface area contributed by atoms with Crippen molar-refractivity contribution in [2.75, 3.05) is 11.9 Å². The summed E-state index contributed by atoms with van der Waals surface area (Å²) in [6.45, 7) is 2.40. The zero-order valence-corrected chi connectivity index (χ0v) is 8.63. The highest BCUT2D eigenvalue weighted by Gasteiger charge is 2.21. The second kappa shape index (κ2) is 4.39. The van der Waals surface area contributed by atoms with Crippen LogP contribution in [0.1, 0.15) is 6.92 Å². The molecule has 1 heterocycles. The molecule has 0 unspecified atom stereocenters. The number of aromatic nitrogens is 2. The summed E-state index contributed by atoms with van der Waals surface area (Å²) in [6, 6.07) is 0. The van der Waals surface area contributed by atoms with Crippen molar-refractivity contribution >= 4 is 34.8 Å². The smallest absolute Gasteiger partial charge is 0.343 e. The summed E-state index contributed by atoms with van der Waals surface area (Å²) in [6.07, 6.45) is 0. The minimum Gasteiger partial charge on any atom is -0.354 e. The lowest BCUT2D eigenvalue weighted by molar-refractivity contribution is -0.385. The number of nitro groups is 1. The Bertz CT molecular complexity index is 348. The molecular weight excluding hydrogens is 231 g/mol. The van der Waals surface area contributed by atoms with Gasteiger partial charge in [0.25, 0.3) is 0 Å². The number of anilines is 1. The molecule has 14 heavy (non-hydrogen) atoms. The van der Waals surface area contributed by atoms with Gasteiger partial charge < -0.3 is 5.32 Å². The number of hydrogen-bond donors (Lipinski definition) is 1. The molecule has 0 spiro atoms. The van der Waals surface area contributed by atoms with Crippen molar-refractivity contribution < 1.29 is 4.92 Å². The predicted molar refractivity (Wildman–Crippen MR) is 52.9 cm³/mol. The van der Waals surface area contributed by atoms with Crippen molar-refractivity contribution in [1.82, 2.24) is 9.97 Å². The third-order valence-corrected chi connectivity index (χ3v) is 1.84. The van der Waals surface area contributed by atoms with E-state index >= 15 is 0 Å². The van der Waals surface area contributed by atoms with Crippen molar-refractivity contribution in [3.8, 4) is 0 Å². The number of nitrogens with one attached hydrogen (secondary N) is 1. The molecule has 0 saturated heterocycles. The Hall–Kier alpha value is -1.14. The van der Waals surface area contributed by atoms with E-state index in [0.717, 1.165) is 0 Å². The molecule has 76 valence electrons. The monoisotopic (exact) mass is 236 g/mol. The summed E-state index contributed by atoms with van der Waals surface area (Å²) in [5.74, 6) is 0.174. The molecule has 0 aliphatic carbocycles. The highest BCUT2D eigenvalue weighted by molar-refractivity contribution is 6.36. The average Bonchev–Trinajstić information content (AvgIpc) is 2.01. The molecule has 0 fully saturated rings. The Balaban J connectivity index is 3.18. The van der Waals surface area contributed by atoms with Gasteiger partial charge in [-0.05, 0) is 6.92 Å². The molecule has 1 aromatic heterocycles. The van der Waals surface area contributed by atoms with E-state index < -0.39 is 10.6 Å². The van der Waals surface area contributed by atoms with Crippen molar-refractivity contribution in [2.24, 2.45) is 0 Å². The van der Waals surface area contributed by atoms with E-state index in [1.807, 2.05) is 6.92 Å². The Morgan fingerprint density at radius 2 is 1.93 bits per heavy atom. The molecule has 1 rings (SSSR count). The fourth-order valence-electron chi connectivity index (χ4n) is 0.790. The van der Waals surface area contributed by atoms with Crippen LogP contribution in [0.2, 0.25) is 10.3 Å². The van der Waals surface area contributed by atoms with Crippen LogP contribution >= 0.6 is 23.2 Å². The Morgan fingerprint density at radius 3 is 2.29 bits per heavy atom. The SMILES string of the molecule is CCNc1nc(Cl)c([N+](=O)[O-])c(Cl)n1. The van der Waals surface area contributed by atoms with Crippen LogP contribution in [-0.2, 0) is 0 Å². The highest BCUT2D eigenvalue weighted by atomic mass is 35.5. The first-order valence-corrected chi connectivity index (χ1v) is 4.43.